The maximum absolute atomic E-state index is 12.8. The van der Waals surface area contributed by atoms with Gasteiger partial charge in [0.15, 0.2) is 0 Å². The number of rotatable bonds is 5. The number of hydrogen-bond donors (Lipinski definition) is 2. The summed E-state index contributed by atoms with van der Waals surface area (Å²) >= 11 is 0. The molecule has 0 aromatic heterocycles. The first kappa shape index (κ1) is 22.1. The van der Waals surface area contributed by atoms with Crippen molar-refractivity contribution in [2.45, 2.75) is 51.9 Å². The van der Waals surface area contributed by atoms with Gasteiger partial charge in [-0.05, 0) is 50.7 Å². The number of nitrogens with one attached hydrogen (secondary N) is 2. The molecule has 1 aromatic rings. The molecule has 7 nitrogen and oxygen atoms in total. The van der Waals surface area contributed by atoms with Gasteiger partial charge in [0.2, 0.25) is 11.8 Å². The lowest BCUT2D eigenvalue weighted by Gasteiger charge is -2.34. The quantitative estimate of drug-likeness (QED) is 0.777. The van der Waals surface area contributed by atoms with Gasteiger partial charge < -0.3 is 20.4 Å². The van der Waals surface area contributed by atoms with E-state index >= 15 is 0 Å². The Balaban J connectivity index is 1.43. The molecule has 0 spiro atoms. The van der Waals surface area contributed by atoms with E-state index in [9.17, 15) is 14.4 Å². The van der Waals surface area contributed by atoms with E-state index in [2.05, 4.69) is 10.6 Å². The van der Waals surface area contributed by atoms with Crippen molar-refractivity contribution in [2.24, 2.45) is 5.92 Å². The number of piperidine rings is 1. The maximum atomic E-state index is 12.8. The first-order valence-corrected chi connectivity index (χ1v) is 11.2. The predicted molar refractivity (Wildman–Crippen MR) is 117 cm³/mol. The molecule has 2 fully saturated rings. The van der Waals surface area contributed by atoms with Crippen molar-refractivity contribution in [3.8, 4) is 0 Å². The second-order valence-electron chi connectivity index (χ2n) is 8.53. The summed E-state index contributed by atoms with van der Waals surface area (Å²) in [4.78, 5) is 40.9. The number of nitrogens with zero attached hydrogens (tertiary/aromatic N) is 2. The molecule has 4 amide bonds. The topological polar surface area (TPSA) is 81.8 Å². The lowest BCUT2D eigenvalue weighted by molar-refractivity contribution is -0.142. The Morgan fingerprint density at radius 1 is 1.03 bits per heavy atom. The van der Waals surface area contributed by atoms with E-state index in [0.29, 0.717) is 26.1 Å². The van der Waals surface area contributed by atoms with Gasteiger partial charge in [-0.3, -0.25) is 9.59 Å². The summed E-state index contributed by atoms with van der Waals surface area (Å²) in [6.07, 6.45) is 6.58. The van der Waals surface area contributed by atoms with Crippen LogP contribution >= 0.6 is 0 Å². The van der Waals surface area contributed by atoms with Crippen molar-refractivity contribution < 1.29 is 14.4 Å². The Morgan fingerprint density at radius 3 is 2.60 bits per heavy atom. The summed E-state index contributed by atoms with van der Waals surface area (Å²) in [6.45, 7) is 4.77. The van der Waals surface area contributed by atoms with Crippen LogP contribution in [0.1, 0.15) is 50.5 Å². The Bertz CT molecular complexity index is 734. The van der Waals surface area contributed by atoms with Crippen molar-refractivity contribution in [3.05, 3.63) is 29.8 Å². The fraction of sp³-hybridized carbons (Fsp3) is 0.609. The largest absolute Gasteiger partial charge is 0.341 e. The summed E-state index contributed by atoms with van der Waals surface area (Å²) in [5, 5.41) is 5.76. The second-order valence-corrected chi connectivity index (χ2v) is 8.53. The lowest BCUT2D eigenvalue weighted by Crippen LogP contribution is -2.48. The smallest absolute Gasteiger partial charge is 0.319 e. The number of amides is 4. The molecule has 7 heteroatoms. The zero-order valence-electron chi connectivity index (χ0n) is 18.0. The van der Waals surface area contributed by atoms with Crippen molar-refractivity contribution in [2.75, 3.05) is 38.0 Å². The third-order valence-corrected chi connectivity index (χ3v) is 5.98. The molecule has 2 saturated heterocycles. The molecule has 0 bridgehead atoms. The van der Waals surface area contributed by atoms with Gasteiger partial charge in [-0.1, -0.05) is 30.5 Å². The number of anilines is 1. The van der Waals surface area contributed by atoms with Crippen LogP contribution < -0.4 is 10.6 Å². The molecule has 3 rings (SSSR count). The highest BCUT2D eigenvalue weighted by molar-refractivity contribution is 5.89. The van der Waals surface area contributed by atoms with Crippen LogP contribution in [-0.2, 0) is 9.59 Å². The van der Waals surface area contributed by atoms with Gasteiger partial charge in [0.1, 0.15) is 0 Å². The SMILES string of the molecule is Cc1ccc(NC(=O)NCC2CCCN(C(=O)CN3CCCCCCC3=O)C2)cc1. The highest BCUT2D eigenvalue weighted by atomic mass is 16.2. The van der Waals surface area contributed by atoms with Crippen LogP contribution in [-0.4, -0.2) is 60.4 Å². The number of likely N-dealkylation sites (tertiary alicyclic amines) is 2. The minimum absolute atomic E-state index is 0.0257. The molecule has 1 unspecified atom stereocenters. The third kappa shape index (κ3) is 6.75. The van der Waals surface area contributed by atoms with E-state index in [1.54, 1.807) is 4.90 Å². The number of carbonyl (C=O) groups is 3. The molecule has 0 saturated carbocycles. The van der Waals surface area contributed by atoms with Crippen LogP contribution in [0, 0.1) is 12.8 Å². The van der Waals surface area contributed by atoms with Crippen molar-refractivity contribution in [1.29, 1.82) is 0 Å². The normalized spacial score (nSPS) is 20.3. The zero-order valence-corrected chi connectivity index (χ0v) is 18.0. The molecule has 2 aliphatic heterocycles. The van der Waals surface area contributed by atoms with Crippen LogP contribution in [0.25, 0.3) is 0 Å². The van der Waals surface area contributed by atoms with E-state index in [4.69, 9.17) is 0 Å². The van der Waals surface area contributed by atoms with Crippen LogP contribution in [0.3, 0.4) is 0 Å². The number of carbonyl (C=O) groups excluding carboxylic acids is 3. The Kier molecular flexibility index (Phi) is 8.11. The average molecular weight is 415 g/mol. The van der Waals surface area contributed by atoms with E-state index < -0.39 is 0 Å². The van der Waals surface area contributed by atoms with Gasteiger partial charge in [0, 0.05) is 38.3 Å². The molecule has 30 heavy (non-hydrogen) atoms. The van der Waals surface area contributed by atoms with Crippen molar-refractivity contribution in [1.82, 2.24) is 15.1 Å². The highest BCUT2D eigenvalue weighted by Crippen LogP contribution is 2.17. The monoisotopic (exact) mass is 414 g/mol. The summed E-state index contributed by atoms with van der Waals surface area (Å²) in [5.41, 5.74) is 1.90. The van der Waals surface area contributed by atoms with Crippen molar-refractivity contribution >= 4 is 23.5 Å². The fourth-order valence-corrected chi connectivity index (χ4v) is 4.15. The van der Waals surface area contributed by atoms with Gasteiger partial charge in [0.05, 0.1) is 6.54 Å². The van der Waals surface area contributed by atoms with Gasteiger partial charge >= 0.3 is 6.03 Å². The summed E-state index contributed by atoms with van der Waals surface area (Å²) in [5.74, 6) is 0.360. The summed E-state index contributed by atoms with van der Waals surface area (Å²) < 4.78 is 0. The molecule has 1 atom stereocenters. The highest BCUT2D eigenvalue weighted by Gasteiger charge is 2.26. The van der Waals surface area contributed by atoms with Crippen LogP contribution in [0.15, 0.2) is 24.3 Å². The average Bonchev–Trinajstić information content (AvgIpc) is 2.74. The molecule has 164 valence electrons. The third-order valence-electron chi connectivity index (χ3n) is 5.98. The molecular formula is C23H34N4O3. The Labute approximate surface area is 179 Å². The molecular weight excluding hydrogens is 380 g/mol. The molecule has 2 heterocycles. The maximum Gasteiger partial charge on any atom is 0.319 e. The van der Waals surface area contributed by atoms with E-state index in [-0.39, 0.29) is 30.3 Å². The van der Waals surface area contributed by atoms with Gasteiger partial charge in [-0.15, -0.1) is 0 Å². The van der Waals surface area contributed by atoms with Crippen LogP contribution in [0.2, 0.25) is 0 Å². The van der Waals surface area contributed by atoms with E-state index in [1.165, 1.54) is 0 Å². The number of benzene rings is 1. The van der Waals surface area contributed by atoms with E-state index in [0.717, 1.165) is 56.3 Å². The molecule has 2 aliphatic rings. The van der Waals surface area contributed by atoms with Gasteiger partial charge in [0.25, 0.3) is 0 Å². The molecule has 0 radical (unpaired) electrons. The minimum atomic E-state index is -0.228. The van der Waals surface area contributed by atoms with Crippen molar-refractivity contribution in [3.63, 3.8) is 0 Å². The zero-order chi connectivity index (χ0) is 21.3. The molecule has 1 aromatic carbocycles. The number of aryl methyl sites for hydroxylation is 1. The standard InChI is InChI=1S/C23H34N4O3/c1-18-9-11-20(12-10-18)25-23(30)24-15-19-7-6-14-26(16-19)22(29)17-27-13-5-3-2-4-8-21(27)28/h9-12,19H,2-8,13-17H2,1H3,(H2,24,25,30). The number of hydrogen-bond acceptors (Lipinski definition) is 3. The Hall–Kier alpha value is -2.57. The molecule has 2 N–H and O–H groups in total. The first-order valence-electron chi connectivity index (χ1n) is 11.2. The van der Waals surface area contributed by atoms with Crippen LogP contribution in [0.5, 0.6) is 0 Å². The molecule has 0 aliphatic carbocycles. The minimum Gasteiger partial charge on any atom is -0.341 e. The Morgan fingerprint density at radius 2 is 1.80 bits per heavy atom. The van der Waals surface area contributed by atoms with Gasteiger partial charge in [-0.25, -0.2) is 4.79 Å². The fourth-order valence-electron chi connectivity index (χ4n) is 4.15. The van der Waals surface area contributed by atoms with Crippen LogP contribution in [0.4, 0.5) is 10.5 Å². The predicted octanol–water partition coefficient (Wildman–Crippen LogP) is 3.15. The number of urea groups is 1. The lowest BCUT2D eigenvalue weighted by atomic mass is 9.98. The van der Waals surface area contributed by atoms with Gasteiger partial charge in [-0.2, -0.15) is 0 Å². The second kappa shape index (κ2) is 11.0. The van der Waals surface area contributed by atoms with E-state index in [1.807, 2.05) is 36.1 Å². The summed E-state index contributed by atoms with van der Waals surface area (Å²) in [7, 11) is 0. The summed E-state index contributed by atoms with van der Waals surface area (Å²) in [6, 6.07) is 7.44. The first-order chi connectivity index (χ1) is 14.5.